The molecule has 0 aliphatic heterocycles. The number of ether oxygens (including phenoxy) is 1. The van der Waals surface area contributed by atoms with Crippen LogP contribution in [-0.2, 0) is 14.8 Å². The molecule has 0 unspecified atom stereocenters. The highest BCUT2D eigenvalue weighted by atomic mass is 79.9. The fraction of sp³-hybridized carbons (Fsp3) is 0.400. The van der Waals surface area contributed by atoms with Crippen LogP contribution in [0.25, 0.3) is 0 Å². The van der Waals surface area contributed by atoms with Gasteiger partial charge in [-0.25, -0.2) is 17.2 Å². The molecule has 0 bridgehead atoms. The van der Waals surface area contributed by atoms with Gasteiger partial charge in [0.05, 0.1) is 22.5 Å². The molecule has 1 aromatic rings. The Morgan fingerprint density at radius 1 is 1.33 bits per heavy atom. The topological polar surface area (TPSA) is 55.4 Å². The second-order valence-electron chi connectivity index (χ2n) is 3.36. The highest BCUT2D eigenvalue weighted by Crippen LogP contribution is 2.24. The standard InChI is InChI=1S/C10H12BrF2NO3S/c1-2-17-3-4-18(15,16)14-10-6-8(12)7(11)5-9(10)13/h5-6,14H,2-4H2,1H3. The molecule has 0 aliphatic carbocycles. The summed E-state index contributed by atoms with van der Waals surface area (Å²) in [6.45, 7) is 2.10. The molecule has 102 valence electrons. The number of anilines is 1. The molecule has 0 amide bonds. The number of halogens is 3. The maximum atomic E-state index is 13.4. The first-order valence-electron chi connectivity index (χ1n) is 5.08. The van der Waals surface area contributed by atoms with Crippen molar-refractivity contribution in [3.05, 3.63) is 28.2 Å². The van der Waals surface area contributed by atoms with Gasteiger partial charge in [0, 0.05) is 12.7 Å². The molecule has 1 N–H and O–H groups in total. The molecule has 0 radical (unpaired) electrons. The lowest BCUT2D eigenvalue weighted by Crippen LogP contribution is -2.21. The van der Waals surface area contributed by atoms with Crippen molar-refractivity contribution < 1.29 is 21.9 Å². The summed E-state index contributed by atoms with van der Waals surface area (Å²) >= 11 is 2.80. The third kappa shape index (κ3) is 4.51. The third-order valence-electron chi connectivity index (χ3n) is 1.98. The molecule has 8 heteroatoms. The monoisotopic (exact) mass is 343 g/mol. The molecule has 0 aromatic heterocycles. The Morgan fingerprint density at radius 2 is 2.00 bits per heavy atom. The second-order valence-corrected chi connectivity index (χ2v) is 6.06. The number of benzene rings is 1. The van der Waals surface area contributed by atoms with Gasteiger partial charge < -0.3 is 4.74 Å². The fourth-order valence-corrected chi connectivity index (χ4v) is 2.38. The van der Waals surface area contributed by atoms with Gasteiger partial charge in [0.25, 0.3) is 0 Å². The first-order valence-corrected chi connectivity index (χ1v) is 7.53. The minimum atomic E-state index is -3.76. The van der Waals surface area contributed by atoms with Crippen LogP contribution >= 0.6 is 15.9 Å². The summed E-state index contributed by atoms with van der Waals surface area (Å²) < 4.78 is 56.4. The average molecular weight is 344 g/mol. The zero-order valence-corrected chi connectivity index (χ0v) is 11.9. The zero-order valence-electron chi connectivity index (χ0n) is 9.54. The van der Waals surface area contributed by atoms with E-state index in [4.69, 9.17) is 4.74 Å². The van der Waals surface area contributed by atoms with Crippen LogP contribution in [0.2, 0.25) is 0 Å². The van der Waals surface area contributed by atoms with Crippen LogP contribution < -0.4 is 4.72 Å². The number of sulfonamides is 1. The van der Waals surface area contributed by atoms with E-state index in [0.29, 0.717) is 6.61 Å². The van der Waals surface area contributed by atoms with Gasteiger partial charge in [0.1, 0.15) is 11.6 Å². The van der Waals surface area contributed by atoms with Crippen LogP contribution in [0.15, 0.2) is 16.6 Å². The van der Waals surface area contributed by atoms with Crippen LogP contribution in [0.1, 0.15) is 6.92 Å². The molecule has 0 heterocycles. The van der Waals surface area contributed by atoms with Crippen molar-refractivity contribution in [2.45, 2.75) is 6.92 Å². The van der Waals surface area contributed by atoms with Crippen molar-refractivity contribution in [1.29, 1.82) is 0 Å². The molecule has 0 atom stereocenters. The summed E-state index contributed by atoms with van der Waals surface area (Å²) in [6.07, 6.45) is 0. The number of nitrogens with one attached hydrogen (secondary N) is 1. The lowest BCUT2D eigenvalue weighted by molar-refractivity contribution is 0.163. The number of rotatable bonds is 6. The minimum Gasteiger partial charge on any atom is -0.381 e. The first kappa shape index (κ1) is 15.3. The predicted molar refractivity (Wildman–Crippen MR) is 68.0 cm³/mol. The molecule has 0 fully saturated rings. The van der Waals surface area contributed by atoms with Gasteiger partial charge in [-0.3, -0.25) is 4.72 Å². The van der Waals surface area contributed by atoms with Crippen LogP contribution in [0.5, 0.6) is 0 Å². The smallest absolute Gasteiger partial charge is 0.235 e. The van der Waals surface area contributed by atoms with E-state index in [9.17, 15) is 17.2 Å². The maximum absolute atomic E-state index is 13.4. The lowest BCUT2D eigenvalue weighted by atomic mass is 10.3. The summed E-state index contributed by atoms with van der Waals surface area (Å²) in [5, 5.41) is 0. The van der Waals surface area contributed by atoms with Gasteiger partial charge in [-0.15, -0.1) is 0 Å². The van der Waals surface area contributed by atoms with Crippen molar-refractivity contribution in [2.24, 2.45) is 0 Å². The minimum absolute atomic E-state index is 0.00748. The van der Waals surface area contributed by atoms with Crippen molar-refractivity contribution in [2.75, 3.05) is 23.7 Å². The molecule has 0 spiro atoms. The van der Waals surface area contributed by atoms with E-state index in [-0.39, 0.29) is 16.8 Å². The van der Waals surface area contributed by atoms with E-state index in [1.54, 1.807) is 6.92 Å². The largest absolute Gasteiger partial charge is 0.381 e. The van der Waals surface area contributed by atoms with E-state index in [2.05, 4.69) is 15.9 Å². The van der Waals surface area contributed by atoms with Crippen LogP contribution in [0, 0.1) is 11.6 Å². The Balaban J connectivity index is 2.81. The van der Waals surface area contributed by atoms with Gasteiger partial charge in [0.2, 0.25) is 10.0 Å². The highest BCUT2D eigenvalue weighted by molar-refractivity contribution is 9.10. The van der Waals surface area contributed by atoms with Crippen molar-refractivity contribution in [1.82, 2.24) is 0 Å². The van der Waals surface area contributed by atoms with E-state index < -0.39 is 27.3 Å². The molecule has 1 rings (SSSR count). The van der Waals surface area contributed by atoms with Gasteiger partial charge in [-0.2, -0.15) is 0 Å². The molecular formula is C10H12BrF2NO3S. The number of hydrogen-bond acceptors (Lipinski definition) is 3. The lowest BCUT2D eigenvalue weighted by Gasteiger charge is -2.09. The SMILES string of the molecule is CCOCCS(=O)(=O)Nc1cc(F)c(Br)cc1F. The third-order valence-corrected chi connectivity index (χ3v) is 3.82. The van der Waals surface area contributed by atoms with Crippen molar-refractivity contribution in [3.63, 3.8) is 0 Å². The quantitative estimate of drug-likeness (QED) is 0.637. The van der Waals surface area contributed by atoms with E-state index in [1.807, 2.05) is 4.72 Å². The summed E-state index contributed by atoms with van der Waals surface area (Å²) in [5.74, 6) is -1.93. The van der Waals surface area contributed by atoms with Gasteiger partial charge in [-0.05, 0) is 28.9 Å². The summed E-state index contributed by atoms with van der Waals surface area (Å²) in [5.41, 5.74) is -0.424. The van der Waals surface area contributed by atoms with E-state index in [1.165, 1.54) is 0 Å². The second kappa shape index (κ2) is 6.44. The van der Waals surface area contributed by atoms with Gasteiger partial charge in [0.15, 0.2) is 0 Å². The van der Waals surface area contributed by atoms with Gasteiger partial charge >= 0.3 is 0 Å². The van der Waals surface area contributed by atoms with Crippen molar-refractivity contribution in [3.8, 4) is 0 Å². The zero-order chi connectivity index (χ0) is 13.8. The normalized spacial score (nSPS) is 11.6. The highest BCUT2D eigenvalue weighted by Gasteiger charge is 2.15. The summed E-state index contributed by atoms with van der Waals surface area (Å²) in [7, 11) is -3.76. The number of hydrogen-bond donors (Lipinski definition) is 1. The molecule has 4 nitrogen and oxygen atoms in total. The fourth-order valence-electron chi connectivity index (χ4n) is 1.13. The van der Waals surface area contributed by atoms with E-state index in [0.717, 1.165) is 12.1 Å². The van der Waals surface area contributed by atoms with Crippen LogP contribution in [0.3, 0.4) is 0 Å². The molecular weight excluding hydrogens is 332 g/mol. The Hall–Kier alpha value is -0.730. The molecule has 0 saturated heterocycles. The molecule has 0 aliphatic rings. The Labute approximate surface area is 113 Å². The molecule has 0 saturated carbocycles. The molecule has 1 aromatic carbocycles. The van der Waals surface area contributed by atoms with Crippen LogP contribution in [-0.4, -0.2) is 27.4 Å². The Kier molecular flexibility index (Phi) is 5.48. The average Bonchev–Trinajstić information content (AvgIpc) is 2.26. The summed E-state index contributed by atoms with van der Waals surface area (Å²) in [4.78, 5) is 0. The summed E-state index contributed by atoms with van der Waals surface area (Å²) in [6, 6.07) is 1.63. The van der Waals surface area contributed by atoms with Crippen LogP contribution in [0.4, 0.5) is 14.5 Å². The maximum Gasteiger partial charge on any atom is 0.235 e. The van der Waals surface area contributed by atoms with Gasteiger partial charge in [-0.1, -0.05) is 0 Å². The Bertz CT molecular complexity index is 522. The first-order chi connectivity index (χ1) is 8.35. The predicted octanol–water partition coefficient (Wildman–Crippen LogP) is 2.51. The van der Waals surface area contributed by atoms with E-state index >= 15 is 0 Å². The molecule has 18 heavy (non-hydrogen) atoms. The Morgan fingerprint density at radius 3 is 2.61 bits per heavy atom. The van der Waals surface area contributed by atoms with Crippen molar-refractivity contribution >= 4 is 31.6 Å².